The molecule has 3 rings (SSSR count). The number of anilines is 1. The first kappa shape index (κ1) is 17.5. The summed E-state index contributed by atoms with van der Waals surface area (Å²) in [5.74, 6) is 0. The van der Waals surface area contributed by atoms with Crippen molar-refractivity contribution in [1.29, 1.82) is 0 Å². The second kappa shape index (κ2) is 8.20. The molecule has 6 nitrogen and oxygen atoms in total. The minimum absolute atomic E-state index is 0.0571. The Morgan fingerprint density at radius 2 is 2.17 bits per heavy atom. The molecule has 2 N–H and O–H groups in total. The highest BCUT2D eigenvalue weighted by Gasteiger charge is 2.33. The number of carbonyl (C=O) groups excluding carboxylic acids is 1. The largest absolute Gasteiger partial charge is 0.389 e. The minimum atomic E-state index is -0.417. The molecule has 0 aliphatic carbocycles. The van der Waals surface area contributed by atoms with E-state index in [2.05, 4.69) is 10.2 Å². The van der Waals surface area contributed by atoms with Gasteiger partial charge in [-0.1, -0.05) is 6.07 Å². The fourth-order valence-electron chi connectivity index (χ4n) is 3.26. The molecule has 0 aromatic heterocycles. The average Bonchev–Trinajstić information content (AvgIpc) is 2.87. The van der Waals surface area contributed by atoms with E-state index in [9.17, 15) is 9.90 Å². The van der Waals surface area contributed by atoms with Crippen molar-refractivity contribution in [3.63, 3.8) is 0 Å². The molecule has 0 spiro atoms. The molecule has 0 radical (unpaired) electrons. The predicted molar refractivity (Wildman–Crippen MR) is 95.6 cm³/mol. The van der Waals surface area contributed by atoms with E-state index in [1.165, 1.54) is 0 Å². The van der Waals surface area contributed by atoms with Crippen LogP contribution in [0.25, 0.3) is 0 Å². The third-order valence-electron chi connectivity index (χ3n) is 4.63. The summed E-state index contributed by atoms with van der Waals surface area (Å²) in [7, 11) is 0. The number of nitrogens with one attached hydrogen (secondary N) is 1. The second-order valence-corrected chi connectivity index (χ2v) is 7.09. The van der Waals surface area contributed by atoms with E-state index < -0.39 is 6.10 Å². The molecule has 2 heterocycles. The molecule has 2 saturated heterocycles. The molecular formula is C17H25N3O3S. The molecule has 24 heavy (non-hydrogen) atoms. The molecule has 1 aromatic rings. The topological polar surface area (TPSA) is 65.0 Å². The summed E-state index contributed by atoms with van der Waals surface area (Å²) in [6.45, 7) is 4.04. The molecular weight excluding hydrogens is 326 g/mol. The van der Waals surface area contributed by atoms with Crippen molar-refractivity contribution in [3.05, 3.63) is 24.3 Å². The van der Waals surface area contributed by atoms with Crippen molar-refractivity contribution in [2.75, 3.05) is 51.0 Å². The highest BCUT2D eigenvalue weighted by molar-refractivity contribution is 7.98. The van der Waals surface area contributed by atoms with Gasteiger partial charge in [-0.25, -0.2) is 4.79 Å². The Balaban J connectivity index is 1.56. The molecule has 2 aliphatic rings. The lowest BCUT2D eigenvalue weighted by Gasteiger charge is -2.28. The fraction of sp³-hybridized carbons (Fsp3) is 0.588. The van der Waals surface area contributed by atoms with Crippen molar-refractivity contribution in [2.24, 2.45) is 0 Å². The quantitative estimate of drug-likeness (QED) is 0.812. The van der Waals surface area contributed by atoms with Crippen LogP contribution in [0.2, 0.25) is 0 Å². The molecule has 7 heteroatoms. The predicted octanol–water partition coefficient (Wildman–Crippen LogP) is 1.71. The van der Waals surface area contributed by atoms with Gasteiger partial charge in [-0.15, -0.1) is 11.8 Å². The average molecular weight is 351 g/mol. The van der Waals surface area contributed by atoms with Crippen LogP contribution in [0.3, 0.4) is 0 Å². The van der Waals surface area contributed by atoms with E-state index in [4.69, 9.17) is 4.74 Å². The summed E-state index contributed by atoms with van der Waals surface area (Å²) in [5.41, 5.74) is 0.826. The maximum atomic E-state index is 12.5. The Morgan fingerprint density at radius 1 is 1.29 bits per heavy atom. The summed E-state index contributed by atoms with van der Waals surface area (Å²) in [6, 6.07) is 7.88. The number of aliphatic hydroxyl groups is 1. The molecule has 132 valence electrons. The Morgan fingerprint density at radius 3 is 2.92 bits per heavy atom. The highest BCUT2D eigenvalue weighted by Crippen LogP contribution is 2.20. The van der Waals surface area contributed by atoms with Gasteiger partial charge in [0, 0.05) is 36.8 Å². The van der Waals surface area contributed by atoms with Gasteiger partial charge in [0.2, 0.25) is 0 Å². The number of benzene rings is 1. The second-order valence-electron chi connectivity index (χ2n) is 6.21. The molecule has 0 bridgehead atoms. The summed E-state index contributed by atoms with van der Waals surface area (Å²) in [5, 5.41) is 13.0. The number of hydrogen-bond donors (Lipinski definition) is 2. The Bertz CT molecular complexity index is 572. The van der Waals surface area contributed by atoms with Gasteiger partial charge >= 0.3 is 6.03 Å². The summed E-state index contributed by atoms with van der Waals surface area (Å²) in [6.07, 6.45) is 2.51. The van der Waals surface area contributed by atoms with Gasteiger partial charge in [0.1, 0.15) is 0 Å². The zero-order valence-corrected chi connectivity index (χ0v) is 14.8. The number of ether oxygens (including phenoxy) is 1. The Kier molecular flexibility index (Phi) is 5.99. The number of hydrogen-bond acceptors (Lipinski definition) is 5. The number of aliphatic hydroxyl groups excluding tert-OH is 1. The van der Waals surface area contributed by atoms with Crippen molar-refractivity contribution in [1.82, 2.24) is 9.80 Å². The van der Waals surface area contributed by atoms with Crippen LogP contribution in [-0.2, 0) is 4.74 Å². The lowest BCUT2D eigenvalue weighted by atomic mass is 10.2. The van der Waals surface area contributed by atoms with Gasteiger partial charge < -0.3 is 20.1 Å². The minimum Gasteiger partial charge on any atom is -0.389 e. The molecule has 1 aromatic carbocycles. The van der Waals surface area contributed by atoms with Crippen LogP contribution in [0.5, 0.6) is 0 Å². The lowest BCUT2D eigenvalue weighted by molar-refractivity contribution is 0.0845. The Hall–Kier alpha value is -1.28. The first-order chi connectivity index (χ1) is 11.7. The zero-order valence-electron chi connectivity index (χ0n) is 14.0. The van der Waals surface area contributed by atoms with Crippen LogP contribution in [0.15, 0.2) is 29.2 Å². The third-order valence-corrected chi connectivity index (χ3v) is 5.35. The van der Waals surface area contributed by atoms with Crippen LogP contribution in [0.4, 0.5) is 10.5 Å². The van der Waals surface area contributed by atoms with Crippen molar-refractivity contribution >= 4 is 23.5 Å². The first-order valence-corrected chi connectivity index (χ1v) is 9.59. The summed E-state index contributed by atoms with van der Waals surface area (Å²) < 4.78 is 5.35. The number of nitrogens with zero attached hydrogens (tertiary/aromatic N) is 2. The fourth-order valence-corrected chi connectivity index (χ4v) is 3.72. The van der Waals surface area contributed by atoms with Gasteiger partial charge in [-0.3, -0.25) is 4.90 Å². The van der Waals surface area contributed by atoms with Crippen LogP contribution in [0, 0.1) is 0 Å². The maximum absolute atomic E-state index is 12.5. The monoisotopic (exact) mass is 351 g/mol. The molecule has 2 amide bonds. The normalized spacial score (nSPS) is 25.5. The van der Waals surface area contributed by atoms with Crippen molar-refractivity contribution in [2.45, 2.75) is 23.5 Å². The van der Waals surface area contributed by atoms with Gasteiger partial charge in [0.25, 0.3) is 0 Å². The van der Waals surface area contributed by atoms with E-state index in [1.807, 2.05) is 35.4 Å². The Labute approximate surface area is 147 Å². The van der Waals surface area contributed by atoms with Crippen LogP contribution in [0.1, 0.15) is 6.42 Å². The first-order valence-electron chi connectivity index (χ1n) is 8.37. The van der Waals surface area contributed by atoms with E-state index in [0.717, 1.165) is 36.6 Å². The number of urea groups is 1. The van der Waals surface area contributed by atoms with Gasteiger partial charge in [0.05, 0.1) is 25.4 Å². The van der Waals surface area contributed by atoms with Crippen molar-refractivity contribution in [3.8, 4) is 0 Å². The number of rotatable bonds is 3. The van der Waals surface area contributed by atoms with E-state index >= 15 is 0 Å². The van der Waals surface area contributed by atoms with Crippen molar-refractivity contribution < 1.29 is 14.6 Å². The molecule has 0 saturated carbocycles. The lowest BCUT2D eigenvalue weighted by Crippen LogP contribution is -2.45. The van der Waals surface area contributed by atoms with E-state index in [-0.39, 0.29) is 12.1 Å². The van der Waals surface area contributed by atoms with Gasteiger partial charge in [-0.05, 0) is 30.9 Å². The highest BCUT2D eigenvalue weighted by atomic mass is 32.2. The molecule has 2 atom stereocenters. The molecule has 2 aliphatic heterocycles. The van der Waals surface area contributed by atoms with Crippen LogP contribution < -0.4 is 5.32 Å². The summed E-state index contributed by atoms with van der Waals surface area (Å²) >= 11 is 1.66. The van der Waals surface area contributed by atoms with Gasteiger partial charge in [-0.2, -0.15) is 0 Å². The number of carbonyl (C=O) groups is 1. The summed E-state index contributed by atoms with van der Waals surface area (Å²) in [4.78, 5) is 17.8. The smallest absolute Gasteiger partial charge is 0.321 e. The maximum Gasteiger partial charge on any atom is 0.321 e. The zero-order chi connectivity index (χ0) is 16.9. The molecule has 0 unspecified atom stereocenters. The standard InChI is InChI=1S/C17H25N3O3S/c1-24-14-5-2-4-13(10-14)18-17(22)20-7-3-6-19(8-9-20)15-11-23-12-16(15)21/h2,4-5,10,15-16,21H,3,6-9,11-12H2,1H3,(H,18,22)/t15-,16-/m0/s1. The number of amides is 2. The van der Waals surface area contributed by atoms with E-state index in [0.29, 0.717) is 19.8 Å². The molecule has 2 fully saturated rings. The SMILES string of the molecule is CSc1cccc(NC(=O)N2CCCN([C@H]3COC[C@@H]3O)CC2)c1. The number of thioether (sulfide) groups is 1. The van der Waals surface area contributed by atoms with E-state index in [1.54, 1.807) is 11.8 Å². The van der Waals surface area contributed by atoms with Crippen LogP contribution >= 0.6 is 11.8 Å². The third kappa shape index (κ3) is 4.22. The van der Waals surface area contributed by atoms with Gasteiger partial charge in [0.15, 0.2) is 0 Å². The van der Waals surface area contributed by atoms with Crippen LogP contribution in [-0.4, -0.2) is 78.7 Å².